The van der Waals surface area contributed by atoms with Crippen LogP contribution in [-0.2, 0) is 5.33 Å². The summed E-state index contributed by atoms with van der Waals surface area (Å²) in [5.41, 5.74) is 8.14. The van der Waals surface area contributed by atoms with Gasteiger partial charge in [0.15, 0.2) is 5.78 Å². The van der Waals surface area contributed by atoms with Gasteiger partial charge in [-0.25, -0.2) is 0 Å². The van der Waals surface area contributed by atoms with E-state index >= 15 is 0 Å². The molecule has 0 aliphatic heterocycles. The third kappa shape index (κ3) is 2.31. The predicted molar refractivity (Wildman–Crippen MR) is 58.1 cm³/mol. The van der Waals surface area contributed by atoms with Crippen molar-refractivity contribution in [3.05, 3.63) is 29.3 Å². The van der Waals surface area contributed by atoms with Gasteiger partial charge in [-0.2, -0.15) is 0 Å². The van der Waals surface area contributed by atoms with Gasteiger partial charge in [0.25, 0.3) is 0 Å². The van der Waals surface area contributed by atoms with Crippen LogP contribution in [0.3, 0.4) is 0 Å². The molecule has 2 N–H and O–H groups in total. The van der Waals surface area contributed by atoms with E-state index in [2.05, 4.69) is 15.9 Å². The SMILES string of the molecule is CCC(=O)c1ccc(CBr)c(N)c1. The monoisotopic (exact) mass is 241 g/mol. The molecule has 1 rings (SSSR count). The van der Waals surface area contributed by atoms with Crippen molar-refractivity contribution in [1.29, 1.82) is 0 Å². The van der Waals surface area contributed by atoms with E-state index in [0.717, 1.165) is 10.9 Å². The lowest BCUT2D eigenvalue weighted by Crippen LogP contribution is -1.99. The minimum Gasteiger partial charge on any atom is -0.398 e. The Hall–Kier alpha value is -0.830. The summed E-state index contributed by atoms with van der Waals surface area (Å²) in [4.78, 5) is 11.3. The number of halogens is 1. The van der Waals surface area contributed by atoms with Crippen molar-refractivity contribution in [2.75, 3.05) is 5.73 Å². The average Bonchev–Trinajstić information content (AvgIpc) is 2.16. The lowest BCUT2D eigenvalue weighted by atomic mass is 10.1. The van der Waals surface area contributed by atoms with Crippen LogP contribution in [0.2, 0.25) is 0 Å². The smallest absolute Gasteiger partial charge is 0.162 e. The van der Waals surface area contributed by atoms with E-state index < -0.39 is 0 Å². The molecule has 70 valence electrons. The van der Waals surface area contributed by atoms with Crippen LogP contribution < -0.4 is 5.73 Å². The molecule has 1 aromatic carbocycles. The Kier molecular flexibility index (Phi) is 3.48. The number of nitrogen functional groups attached to an aromatic ring is 1. The minimum absolute atomic E-state index is 0.132. The summed E-state index contributed by atoms with van der Waals surface area (Å²) in [6.07, 6.45) is 0.521. The van der Waals surface area contributed by atoms with Gasteiger partial charge in [-0.1, -0.05) is 35.0 Å². The van der Waals surface area contributed by atoms with Crippen LogP contribution in [0.25, 0.3) is 0 Å². The highest BCUT2D eigenvalue weighted by atomic mass is 79.9. The van der Waals surface area contributed by atoms with Gasteiger partial charge in [0.05, 0.1) is 0 Å². The van der Waals surface area contributed by atoms with Crippen LogP contribution in [0.5, 0.6) is 0 Å². The first-order chi connectivity index (χ1) is 6.19. The van der Waals surface area contributed by atoms with Crippen molar-refractivity contribution < 1.29 is 4.79 Å². The standard InChI is InChI=1S/C10H12BrNO/c1-2-10(13)7-3-4-8(6-11)9(12)5-7/h3-5H,2,6,12H2,1H3. The number of hydrogen-bond acceptors (Lipinski definition) is 2. The zero-order valence-corrected chi connectivity index (χ0v) is 9.10. The third-order valence-electron chi connectivity index (χ3n) is 1.93. The Morgan fingerprint density at radius 2 is 2.23 bits per heavy atom. The maximum Gasteiger partial charge on any atom is 0.162 e. The van der Waals surface area contributed by atoms with E-state index in [4.69, 9.17) is 5.73 Å². The van der Waals surface area contributed by atoms with Crippen LogP contribution in [-0.4, -0.2) is 5.78 Å². The van der Waals surface area contributed by atoms with Gasteiger partial charge in [-0.15, -0.1) is 0 Å². The molecule has 3 heteroatoms. The van der Waals surface area contributed by atoms with Crippen LogP contribution in [0.4, 0.5) is 5.69 Å². The largest absolute Gasteiger partial charge is 0.398 e. The molecule has 0 aliphatic rings. The van der Waals surface area contributed by atoms with Gasteiger partial charge in [0.1, 0.15) is 0 Å². The van der Waals surface area contributed by atoms with Crippen LogP contribution in [0.15, 0.2) is 18.2 Å². The summed E-state index contributed by atoms with van der Waals surface area (Å²) in [7, 11) is 0. The van der Waals surface area contributed by atoms with E-state index in [1.165, 1.54) is 0 Å². The van der Waals surface area contributed by atoms with Gasteiger partial charge >= 0.3 is 0 Å². The van der Waals surface area contributed by atoms with Gasteiger partial charge in [0, 0.05) is 23.0 Å². The number of benzene rings is 1. The first kappa shape index (κ1) is 10.3. The minimum atomic E-state index is 0.132. The topological polar surface area (TPSA) is 43.1 Å². The highest BCUT2D eigenvalue weighted by Crippen LogP contribution is 2.17. The average molecular weight is 242 g/mol. The molecule has 1 aromatic rings. The van der Waals surface area contributed by atoms with Crippen LogP contribution >= 0.6 is 15.9 Å². The number of alkyl halides is 1. The molecule has 0 spiro atoms. The van der Waals surface area contributed by atoms with E-state index in [-0.39, 0.29) is 5.78 Å². The second kappa shape index (κ2) is 4.42. The molecule has 0 unspecified atom stereocenters. The number of rotatable bonds is 3. The molecule has 0 atom stereocenters. The Balaban J connectivity index is 3.02. The number of Topliss-reactive ketones (excluding diaryl/α,β-unsaturated/α-hetero) is 1. The Morgan fingerprint density at radius 1 is 1.54 bits per heavy atom. The summed E-state index contributed by atoms with van der Waals surface area (Å²) in [6, 6.07) is 5.44. The zero-order chi connectivity index (χ0) is 9.84. The molecular formula is C10H12BrNO. The van der Waals surface area contributed by atoms with Crippen molar-refractivity contribution >= 4 is 27.4 Å². The van der Waals surface area contributed by atoms with E-state index in [1.54, 1.807) is 6.07 Å². The lowest BCUT2D eigenvalue weighted by molar-refractivity contribution is 0.0988. The number of hydrogen-bond donors (Lipinski definition) is 1. The molecular weight excluding hydrogens is 230 g/mol. The summed E-state index contributed by atoms with van der Waals surface area (Å²) < 4.78 is 0. The number of carbonyl (C=O) groups excluding carboxylic acids is 1. The first-order valence-electron chi connectivity index (χ1n) is 4.16. The molecule has 2 nitrogen and oxygen atoms in total. The van der Waals surface area contributed by atoms with Crippen molar-refractivity contribution in [2.24, 2.45) is 0 Å². The summed E-state index contributed by atoms with van der Waals surface area (Å²) in [5.74, 6) is 0.132. The van der Waals surface area contributed by atoms with Crippen molar-refractivity contribution in [2.45, 2.75) is 18.7 Å². The number of nitrogens with two attached hydrogens (primary N) is 1. The second-order valence-electron chi connectivity index (χ2n) is 2.82. The van der Waals surface area contributed by atoms with Gasteiger partial charge in [0.2, 0.25) is 0 Å². The Bertz CT molecular complexity index is 323. The fraction of sp³-hybridized carbons (Fsp3) is 0.300. The summed E-state index contributed by atoms with van der Waals surface area (Å²) in [6.45, 7) is 1.84. The molecule has 0 heterocycles. The molecule has 0 amide bonds. The number of carbonyl (C=O) groups is 1. The molecule has 0 radical (unpaired) electrons. The Morgan fingerprint density at radius 3 is 2.69 bits per heavy atom. The highest BCUT2D eigenvalue weighted by molar-refractivity contribution is 9.08. The zero-order valence-electron chi connectivity index (χ0n) is 7.51. The van der Waals surface area contributed by atoms with Gasteiger partial charge < -0.3 is 5.73 Å². The van der Waals surface area contributed by atoms with E-state index in [9.17, 15) is 4.79 Å². The van der Waals surface area contributed by atoms with E-state index in [1.807, 2.05) is 19.1 Å². The van der Waals surface area contributed by atoms with Crippen LogP contribution in [0.1, 0.15) is 29.3 Å². The highest BCUT2D eigenvalue weighted by Gasteiger charge is 2.05. The summed E-state index contributed by atoms with van der Waals surface area (Å²) >= 11 is 3.32. The fourth-order valence-electron chi connectivity index (χ4n) is 1.09. The van der Waals surface area contributed by atoms with Crippen molar-refractivity contribution in [3.63, 3.8) is 0 Å². The number of anilines is 1. The van der Waals surface area contributed by atoms with Gasteiger partial charge in [-0.3, -0.25) is 4.79 Å². The molecule has 13 heavy (non-hydrogen) atoms. The Labute approximate surface area is 86.3 Å². The molecule has 0 saturated heterocycles. The molecule has 0 aliphatic carbocycles. The van der Waals surface area contributed by atoms with Gasteiger partial charge in [-0.05, 0) is 11.6 Å². The predicted octanol–water partition coefficient (Wildman–Crippen LogP) is 2.76. The van der Waals surface area contributed by atoms with E-state index in [0.29, 0.717) is 17.7 Å². The normalized spacial score (nSPS) is 10.0. The maximum atomic E-state index is 11.3. The summed E-state index contributed by atoms with van der Waals surface area (Å²) in [5, 5.41) is 0.722. The number of ketones is 1. The lowest BCUT2D eigenvalue weighted by Gasteiger charge is -2.04. The molecule has 0 aromatic heterocycles. The van der Waals surface area contributed by atoms with Crippen molar-refractivity contribution in [1.82, 2.24) is 0 Å². The fourth-order valence-corrected chi connectivity index (χ4v) is 1.60. The van der Waals surface area contributed by atoms with Crippen molar-refractivity contribution in [3.8, 4) is 0 Å². The first-order valence-corrected chi connectivity index (χ1v) is 5.28. The van der Waals surface area contributed by atoms with Crippen LogP contribution in [0, 0.1) is 0 Å². The molecule has 0 fully saturated rings. The third-order valence-corrected chi connectivity index (χ3v) is 2.54. The molecule has 0 bridgehead atoms. The second-order valence-corrected chi connectivity index (χ2v) is 3.38. The molecule has 0 saturated carbocycles. The quantitative estimate of drug-likeness (QED) is 0.503. The maximum absolute atomic E-state index is 11.3.